The van der Waals surface area contributed by atoms with Gasteiger partial charge in [-0.3, -0.25) is 14.6 Å². The van der Waals surface area contributed by atoms with E-state index >= 15 is 0 Å². The molecule has 2 aliphatic heterocycles. The van der Waals surface area contributed by atoms with Crippen LogP contribution in [-0.2, 0) is 16.1 Å². The van der Waals surface area contributed by atoms with E-state index in [2.05, 4.69) is 10.3 Å². The molecule has 130 valence electrons. The van der Waals surface area contributed by atoms with E-state index < -0.39 is 0 Å². The number of carbonyl (C=O) groups is 2. The van der Waals surface area contributed by atoms with E-state index in [1.165, 1.54) is 11.3 Å². The first-order valence-electron chi connectivity index (χ1n) is 8.35. The van der Waals surface area contributed by atoms with Crippen molar-refractivity contribution in [3.8, 4) is 0 Å². The van der Waals surface area contributed by atoms with Crippen molar-refractivity contribution in [3.63, 3.8) is 0 Å². The van der Waals surface area contributed by atoms with Crippen molar-refractivity contribution in [1.82, 2.24) is 15.2 Å². The average Bonchev–Trinajstić information content (AvgIpc) is 3.36. The number of hydrogen-bond donors (Lipinski definition) is 1. The van der Waals surface area contributed by atoms with Crippen molar-refractivity contribution in [2.45, 2.75) is 25.1 Å². The predicted molar refractivity (Wildman–Crippen MR) is 93.1 cm³/mol. The van der Waals surface area contributed by atoms with Crippen molar-refractivity contribution in [3.05, 3.63) is 52.5 Å². The van der Waals surface area contributed by atoms with Gasteiger partial charge in [-0.15, -0.1) is 0 Å². The Morgan fingerprint density at radius 1 is 1.40 bits per heavy atom. The van der Waals surface area contributed by atoms with E-state index in [9.17, 15) is 9.59 Å². The SMILES string of the molecule is O=C(NCc1cccnc1)C1CN(C(=O)c2ccsc2)C2CCOC12. The van der Waals surface area contributed by atoms with Gasteiger partial charge in [-0.1, -0.05) is 6.07 Å². The number of thiophene rings is 1. The monoisotopic (exact) mass is 357 g/mol. The molecule has 2 aromatic rings. The highest BCUT2D eigenvalue weighted by Crippen LogP contribution is 2.34. The van der Waals surface area contributed by atoms with E-state index in [0.29, 0.717) is 25.3 Å². The Labute approximate surface area is 149 Å². The van der Waals surface area contributed by atoms with E-state index in [1.54, 1.807) is 12.4 Å². The average molecular weight is 357 g/mol. The Bertz CT molecular complexity index is 750. The minimum Gasteiger partial charge on any atom is -0.375 e. The smallest absolute Gasteiger partial charge is 0.255 e. The van der Waals surface area contributed by atoms with Gasteiger partial charge in [0.15, 0.2) is 0 Å². The molecule has 0 spiro atoms. The molecule has 2 saturated heterocycles. The van der Waals surface area contributed by atoms with Gasteiger partial charge >= 0.3 is 0 Å². The van der Waals surface area contributed by atoms with Crippen LogP contribution in [0.15, 0.2) is 41.4 Å². The van der Waals surface area contributed by atoms with Crippen LogP contribution in [0.5, 0.6) is 0 Å². The number of hydrogen-bond acceptors (Lipinski definition) is 5. The van der Waals surface area contributed by atoms with E-state index in [-0.39, 0.29) is 29.9 Å². The third-order valence-corrected chi connectivity index (χ3v) is 5.53. The van der Waals surface area contributed by atoms with E-state index in [0.717, 1.165) is 12.0 Å². The topological polar surface area (TPSA) is 71.5 Å². The van der Waals surface area contributed by atoms with Crippen molar-refractivity contribution in [1.29, 1.82) is 0 Å². The number of nitrogens with zero attached hydrogens (tertiary/aromatic N) is 2. The summed E-state index contributed by atoms with van der Waals surface area (Å²) < 4.78 is 5.80. The normalized spacial score (nSPS) is 25.0. The number of aromatic nitrogens is 1. The zero-order valence-electron chi connectivity index (χ0n) is 13.6. The molecule has 2 fully saturated rings. The molecule has 0 bridgehead atoms. The van der Waals surface area contributed by atoms with Gasteiger partial charge in [-0.05, 0) is 29.5 Å². The van der Waals surface area contributed by atoms with Crippen LogP contribution in [0, 0.1) is 5.92 Å². The highest BCUT2D eigenvalue weighted by Gasteiger charge is 2.50. The summed E-state index contributed by atoms with van der Waals surface area (Å²) in [7, 11) is 0. The highest BCUT2D eigenvalue weighted by molar-refractivity contribution is 7.08. The van der Waals surface area contributed by atoms with Crippen molar-refractivity contribution < 1.29 is 14.3 Å². The number of likely N-dealkylation sites (tertiary alicyclic amines) is 1. The second-order valence-corrected chi connectivity index (χ2v) is 7.13. The molecule has 0 saturated carbocycles. The molecule has 25 heavy (non-hydrogen) atoms. The van der Waals surface area contributed by atoms with Crippen LogP contribution >= 0.6 is 11.3 Å². The molecule has 0 radical (unpaired) electrons. The summed E-state index contributed by atoms with van der Waals surface area (Å²) >= 11 is 1.50. The minimum atomic E-state index is -0.327. The van der Waals surface area contributed by atoms with Crippen molar-refractivity contribution >= 4 is 23.2 Å². The molecule has 4 heterocycles. The Kier molecular flexibility index (Phi) is 4.50. The molecule has 0 aliphatic carbocycles. The lowest BCUT2D eigenvalue weighted by molar-refractivity contribution is -0.127. The Morgan fingerprint density at radius 2 is 2.32 bits per heavy atom. The number of fused-ring (bicyclic) bond motifs is 1. The van der Waals surface area contributed by atoms with Crippen LogP contribution in [-0.4, -0.2) is 47.0 Å². The fourth-order valence-corrected chi connectivity index (χ4v) is 4.24. The third-order valence-electron chi connectivity index (χ3n) is 4.85. The third kappa shape index (κ3) is 3.17. The summed E-state index contributed by atoms with van der Waals surface area (Å²) in [6, 6.07) is 5.58. The summed E-state index contributed by atoms with van der Waals surface area (Å²) in [6.45, 7) is 1.43. The lowest BCUT2D eigenvalue weighted by Gasteiger charge is -2.21. The zero-order valence-corrected chi connectivity index (χ0v) is 14.4. The number of carbonyl (C=O) groups excluding carboxylic acids is 2. The summed E-state index contributed by atoms with van der Waals surface area (Å²) in [5, 5.41) is 6.70. The standard InChI is InChI=1S/C18H19N3O3S/c22-17(20-9-12-2-1-5-19-8-12)14-10-21(15-3-6-24-16(14)15)18(23)13-4-7-25-11-13/h1-2,4-5,7-8,11,14-16H,3,6,9-10H2,(H,20,22). The second kappa shape index (κ2) is 6.93. The molecule has 2 aromatic heterocycles. The Balaban J connectivity index is 1.45. The Hall–Kier alpha value is -2.25. The summed E-state index contributed by atoms with van der Waals surface area (Å²) in [5.74, 6) is -0.405. The lowest BCUT2D eigenvalue weighted by Crippen LogP contribution is -2.37. The number of ether oxygens (including phenoxy) is 1. The van der Waals surface area contributed by atoms with Crippen LogP contribution in [0.1, 0.15) is 22.3 Å². The molecule has 3 unspecified atom stereocenters. The van der Waals surface area contributed by atoms with Gasteiger partial charge in [-0.2, -0.15) is 11.3 Å². The molecule has 0 aromatic carbocycles. The van der Waals surface area contributed by atoms with Crippen molar-refractivity contribution in [2.75, 3.05) is 13.2 Å². The first-order chi connectivity index (χ1) is 12.2. The molecular formula is C18H19N3O3S. The molecular weight excluding hydrogens is 338 g/mol. The summed E-state index contributed by atoms with van der Waals surface area (Å²) in [4.78, 5) is 31.3. The van der Waals surface area contributed by atoms with Gasteiger partial charge in [0, 0.05) is 37.5 Å². The van der Waals surface area contributed by atoms with Crippen LogP contribution in [0.2, 0.25) is 0 Å². The van der Waals surface area contributed by atoms with Crippen LogP contribution in [0.25, 0.3) is 0 Å². The maximum Gasteiger partial charge on any atom is 0.255 e. The lowest BCUT2D eigenvalue weighted by atomic mass is 10.0. The van der Waals surface area contributed by atoms with Crippen LogP contribution in [0.4, 0.5) is 0 Å². The Morgan fingerprint density at radius 3 is 3.08 bits per heavy atom. The molecule has 1 N–H and O–H groups in total. The fraction of sp³-hybridized carbons (Fsp3) is 0.389. The minimum absolute atomic E-state index is 0.00990. The first kappa shape index (κ1) is 16.2. The van der Waals surface area contributed by atoms with Gasteiger partial charge in [0.25, 0.3) is 5.91 Å². The van der Waals surface area contributed by atoms with Gasteiger partial charge < -0.3 is 15.0 Å². The number of pyridine rings is 1. The predicted octanol–water partition coefficient (Wildman–Crippen LogP) is 1.69. The molecule has 6 nitrogen and oxygen atoms in total. The number of amides is 2. The molecule has 2 aliphatic rings. The molecule has 7 heteroatoms. The summed E-state index contributed by atoms with van der Waals surface area (Å²) in [5.41, 5.74) is 1.64. The second-order valence-electron chi connectivity index (χ2n) is 6.35. The quantitative estimate of drug-likeness (QED) is 0.904. The molecule has 4 rings (SSSR count). The van der Waals surface area contributed by atoms with Gasteiger partial charge in [0.05, 0.1) is 23.6 Å². The summed E-state index contributed by atoms with van der Waals surface area (Å²) in [6.07, 6.45) is 4.01. The molecule has 2 amide bonds. The van der Waals surface area contributed by atoms with Gasteiger partial charge in [0.1, 0.15) is 0 Å². The highest BCUT2D eigenvalue weighted by atomic mass is 32.1. The van der Waals surface area contributed by atoms with Gasteiger partial charge in [-0.25, -0.2) is 0 Å². The van der Waals surface area contributed by atoms with Gasteiger partial charge in [0.2, 0.25) is 5.91 Å². The largest absolute Gasteiger partial charge is 0.375 e. The first-order valence-corrected chi connectivity index (χ1v) is 9.29. The number of nitrogens with one attached hydrogen (secondary N) is 1. The van der Waals surface area contributed by atoms with Crippen LogP contribution in [0.3, 0.4) is 0 Å². The maximum atomic E-state index is 12.7. The van der Waals surface area contributed by atoms with E-state index in [4.69, 9.17) is 4.74 Å². The molecule has 3 atom stereocenters. The van der Waals surface area contributed by atoms with E-state index in [1.807, 2.05) is 33.9 Å². The van der Waals surface area contributed by atoms with Crippen LogP contribution < -0.4 is 5.32 Å². The maximum absolute atomic E-state index is 12.7. The van der Waals surface area contributed by atoms with Crippen molar-refractivity contribution in [2.24, 2.45) is 5.92 Å². The fourth-order valence-electron chi connectivity index (χ4n) is 3.61. The zero-order chi connectivity index (χ0) is 17.2. The number of rotatable bonds is 4.